The van der Waals surface area contributed by atoms with Gasteiger partial charge in [0, 0.05) is 13.0 Å². The molecule has 0 unspecified atom stereocenters. The summed E-state index contributed by atoms with van der Waals surface area (Å²) in [5.74, 6) is -0.0880. The fraction of sp³-hybridized carbons (Fsp3) is 0.300. The number of aliphatic imine (C=N–C) groups is 1. The highest BCUT2D eigenvalue weighted by atomic mass is 19.1. The van der Waals surface area contributed by atoms with E-state index in [1.807, 2.05) is 0 Å². The molecule has 0 fully saturated rings. The van der Waals surface area contributed by atoms with E-state index >= 15 is 0 Å². The van der Waals surface area contributed by atoms with Crippen LogP contribution in [0.1, 0.15) is 12.0 Å². The van der Waals surface area contributed by atoms with E-state index in [-0.39, 0.29) is 5.75 Å². The minimum atomic E-state index is -0.408. The van der Waals surface area contributed by atoms with Gasteiger partial charge in [0.15, 0.2) is 0 Å². The minimum Gasteiger partial charge on any atom is -0.507 e. The molecule has 1 aliphatic rings. The summed E-state index contributed by atoms with van der Waals surface area (Å²) in [4.78, 5) is 4.07. The molecule has 1 aliphatic heterocycles. The molecule has 0 radical (unpaired) electrons. The minimum absolute atomic E-state index is 0.00736. The molecule has 0 bridgehead atoms. The first kappa shape index (κ1) is 8.99. The van der Waals surface area contributed by atoms with Gasteiger partial charge < -0.3 is 9.84 Å². The van der Waals surface area contributed by atoms with Gasteiger partial charge in [-0.05, 0) is 18.2 Å². The average Bonchev–Trinajstić information content (AvgIpc) is 2.23. The quantitative estimate of drug-likeness (QED) is 0.741. The Hall–Kier alpha value is -1.58. The lowest BCUT2D eigenvalue weighted by atomic mass is 10.2. The Bertz CT molecular complexity index is 376. The van der Waals surface area contributed by atoms with Crippen molar-refractivity contribution in [3.63, 3.8) is 0 Å². The monoisotopic (exact) mass is 195 g/mol. The number of phenols is 1. The number of hydrogen-bond acceptors (Lipinski definition) is 3. The second-order valence-electron chi connectivity index (χ2n) is 3.05. The SMILES string of the molecule is Oc1ccc(F)cc1C1=NCCCO1. The van der Waals surface area contributed by atoms with Crippen molar-refractivity contribution in [2.24, 2.45) is 4.99 Å². The summed E-state index contributed by atoms with van der Waals surface area (Å²) in [6, 6.07) is 3.72. The molecule has 0 spiro atoms. The maximum atomic E-state index is 12.9. The molecular weight excluding hydrogens is 185 g/mol. The van der Waals surface area contributed by atoms with Crippen molar-refractivity contribution < 1.29 is 14.2 Å². The van der Waals surface area contributed by atoms with Crippen LogP contribution in [0, 0.1) is 5.82 Å². The molecule has 3 nitrogen and oxygen atoms in total. The zero-order chi connectivity index (χ0) is 9.97. The van der Waals surface area contributed by atoms with Gasteiger partial charge in [0.05, 0.1) is 12.2 Å². The van der Waals surface area contributed by atoms with Gasteiger partial charge in [-0.15, -0.1) is 0 Å². The lowest BCUT2D eigenvalue weighted by Crippen LogP contribution is -2.15. The number of benzene rings is 1. The summed E-state index contributed by atoms with van der Waals surface area (Å²) < 4.78 is 18.1. The van der Waals surface area contributed by atoms with E-state index in [0.717, 1.165) is 6.42 Å². The summed E-state index contributed by atoms with van der Waals surface area (Å²) in [6.45, 7) is 1.22. The number of nitrogens with zero attached hydrogens (tertiary/aromatic N) is 1. The number of aromatic hydroxyl groups is 1. The van der Waals surface area contributed by atoms with Gasteiger partial charge in [-0.1, -0.05) is 0 Å². The van der Waals surface area contributed by atoms with Crippen LogP contribution in [-0.4, -0.2) is 24.2 Å². The molecule has 1 aromatic carbocycles. The van der Waals surface area contributed by atoms with Crippen LogP contribution in [0.2, 0.25) is 0 Å². The Labute approximate surface area is 80.9 Å². The first-order valence-electron chi connectivity index (χ1n) is 4.43. The van der Waals surface area contributed by atoms with Crippen molar-refractivity contribution >= 4 is 5.90 Å². The highest BCUT2D eigenvalue weighted by Gasteiger charge is 2.13. The van der Waals surface area contributed by atoms with E-state index in [9.17, 15) is 9.50 Å². The zero-order valence-electron chi connectivity index (χ0n) is 7.53. The van der Waals surface area contributed by atoms with Crippen LogP contribution < -0.4 is 0 Å². The third-order valence-electron chi connectivity index (χ3n) is 1.99. The highest BCUT2D eigenvalue weighted by Crippen LogP contribution is 2.20. The third-order valence-corrected chi connectivity index (χ3v) is 1.99. The molecule has 1 aromatic rings. The van der Waals surface area contributed by atoms with Gasteiger partial charge in [0.1, 0.15) is 11.6 Å². The molecule has 14 heavy (non-hydrogen) atoms. The topological polar surface area (TPSA) is 41.8 Å². The van der Waals surface area contributed by atoms with Gasteiger partial charge in [-0.3, -0.25) is 4.99 Å². The molecule has 0 saturated carbocycles. The molecule has 4 heteroatoms. The van der Waals surface area contributed by atoms with Gasteiger partial charge >= 0.3 is 0 Å². The molecule has 74 valence electrons. The number of halogens is 1. The van der Waals surface area contributed by atoms with Crippen molar-refractivity contribution in [1.82, 2.24) is 0 Å². The van der Waals surface area contributed by atoms with Gasteiger partial charge in [0.2, 0.25) is 5.90 Å². The van der Waals surface area contributed by atoms with Crippen LogP contribution in [0.5, 0.6) is 5.75 Å². The van der Waals surface area contributed by atoms with Crippen LogP contribution in [-0.2, 0) is 4.74 Å². The number of ether oxygens (including phenoxy) is 1. The second kappa shape index (κ2) is 3.65. The smallest absolute Gasteiger partial charge is 0.219 e. The summed E-state index contributed by atoms with van der Waals surface area (Å²) >= 11 is 0. The van der Waals surface area contributed by atoms with Crippen LogP contribution in [0.15, 0.2) is 23.2 Å². The molecule has 1 N–H and O–H groups in total. The average molecular weight is 195 g/mol. The predicted octanol–water partition coefficient (Wildman–Crippen LogP) is 1.70. The van der Waals surface area contributed by atoms with E-state index in [4.69, 9.17) is 4.74 Å². The normalized spacial score (nSPS) is 15.9. The molecule has 0 atom stereocenters. The fourth-order valence-corrected chi connectivity index (χ4v) is 1.30. The van der Waals surface area contributed by atoms with Gasteiger partial charge in [0.25, 0.3) is 0 Å². The molecule has 0 aliphatic carbocycles. The van der Waals surface area contributed by atoms with Crippen molar-refractivity contribution in [2.45, 2.75) is 6.42 Å². The number of rotatable bonds is 1. The van der Waals surface area contributed by atoms with Crippen molar-refractivity contribution in [1.29, 1.82) is 0 Å². The van der Waals surface area contributed by atoms with E-state index in [0.29, 0.717) is 24.6 Å². The molecule has 0 amide bonds. The summed E-state index contributed by atoms with van der Waals surface area (Å²) in [5.41, 5.74) is 0.324. The maximum Gasteiger partial charge on any atom is 0.219 e. The standard InChI is InChI=1S/C10H10FNO2/c11-7-2-3-9(13)8(6-7)10-12-4-1-5-14-10/h2-3,6,13H,1,4-5H2. The second-order valence-corrected chi connectivity index (χ2v) is 3.05. The first-order valence-corrected chi connectivity index (χ1v) is 4.43. The van der Waals surface area contributed by atoms with Gasteiger partial charge in [-0.25, -0.2) is 4.39 Å². The summed E-state index contributed by atoms with van der Waals surface area (Å²) in [7, 11) is 0. The predicted molar refractivity (Wildman–Crippen MR) is 50.0 cm³/mol. The van der Waals surface area contributed by atoms with Crippen LogP contribution in [0.25, 0.3) is 0 Å². The Kier molecular flexibility index (Phi) is 2.35. The maximum absolute atomic E-state index is 12.9. The van der Waals surface area contributed by atoms with Crippen molar-refractivity contribution in [3.8, 4) is 5.75 Å². The fourth-order valence-electron chi connectivity index (χ4n) is 1.30. The van der Waals surface area contributed by atoms with Crippen LogP contribution >= 0.6 is 0 Å². The molecular formula is C10H10FNO2. The Morgan fingerprint density at radius 1 is 1.43 bits per heavy atom. The van der Waals surface area contributed by atoms with Gasteiger partial charge in [-0.2, -0.15) is 0 Å². The van der Waals surface area contributed by atoms with E-state index < -0.39 is 5.82 Å². The lowest BCUT2D eigenvalue weighted by molar-refractivity contribution is 0.282. The zero-order valence-corrected chi connectivity index (χ0v) is 7.53. The number of hydrogen-bond donors (Lipinski definition) is 1. The Balaban J connectivity index is 2.39. The highest BCUT2D eigenvalue weighted by molar-refractivity contribution is 5.96. The summed E-state index contributed by atoms with van der Waals surface area (Å²) in [5, 5.41) is 9.46. The number of phenolic OH excluding ortho intramolecular Hbond substituents is 1. The van der Waals surface area contributed by atoms with Crippen molar-refractivity contribution in [2.75, 3.05) is 13.2 Å². The molecule has 1 heterocycles. The van der Waals surface area contributed by atoms with E-state index in [2.05, 4.69) is 4.99 Å². The van der Waals surface area contributed by atoms with E-state index in [1.165, 1.54) is 18.2 Å². The van der Waals surface area contributed by atoms with Crippen LogP contribution in [0.3, 0.4) is 0 Å². The lowest BCUT2D eigenvalue weighted by Gasteiger charge is -2.14. The van der Waals surface area contributed by atoms with Crippen molar-refractivity contribution in [3.05, 3.63) is 29.6 Å². The van der Waals surface area contributed by atoms with Crippen LogP contribution in [0.4, 0.5) is 4.39 Å². The third kappa shape index (κ3) is 1.69. The molecule has 0 aromatic heterocycles. The Morgan fingerprint density at radius 3 is 3.00 bits per heavy atom. The molecule has 2 rings (SSSR count). The molecule has 0 saturated heterocycles. The largest absolute Gasteiger partial charge is 0.507 e. The Morgan fingerprint density at radius 2 is 2.29 bits per heavy atom. The first-order chi connectivity index (χ1) is 6.77. The van der Waals surface area contributed by atoms with E-state index in [1.54, 1.807) is 0 Å². The summed E-state index contributed by atoms with van der Waals surface area (Å²) in [6.07, 6.45) is 0.861.